The molecule has 1 atom stereocenters. The quantitative estimate of drug-likeness (QED) is 0.790. The molecule has 1 unspecified atom stereocenters. The number of carbonyl (C=O) groups is 1. The summed E-state index contributed by atoms with van der Waals surface area (Å²) in [4.78, 5) is 15.2. The second-order valence-corrected chi connectivity index (χ2v) is 4.10. The average molecular weight is 238 g/mol. The summed E-state index contributed by atoms with van der Waals surface area (Å²) in [5.74, 6) is -0.248. The van der Waals surface area contributed by atoms with Gasteiger partial charge in [-0.1, -0.05) is 6.92 Å². The van der Waals surface area contributed by atoms with E-state index in [1.807, 2.05) is 6.92 Å². The van der Waals surface area contributed by atoms with Crippen LogP contribution in [0.3, 0.4) is 0 Å². The van der Waals surface area contributed by atoms with Gasteiger partial charge in [0.1, 0.15) is 11.4 Å². The van der Waals surface area contributed by atoms with Gasteiger partial charge in [0.05, 0.1) is 6.61 Å². The molecule has 94 valence electrons. The summed E-state index contributed by atoms with van der Waals surface area (Å²) in [7, 11) is 1.64. The van der Waals surface area contributed by atoms with Crippen molar-refractivity contribution in [3.05, 3.63) is 23.4 Å². The van der Waals surface area contributed by atoms with Crippen LogP contribution in [0, 0.1) is 12.8 Å². The normalized spacial score (nSPS) is 12.2. The first kappa shape index (κ1) is 13.4. The summed E-state index contributed by atoms with van der Waals surface area (Å²) in [5, 5.41) is 12.2. The summed E-state index contributed by atoms with van der Waals surface area (Å²) in [5.41, 5.74) is 0.937. The van der Waals surface area contributed by atoms with E-state index in [-0.39, 0.29) is 5.56 Å². The smallest absolute Gasteiger partial charge is 0.339 e. The fraction of sp³-hybridized carbons (Fsp3) is 0.500. The predicted octanol–water partition coefficient (Wildman–Crippen LogP) is 1.78. The van der Waals surface area contributed by atoms with E-state index in [9.17, 15) is 4.79 Å². The monoisotopic (exact) mass is 238 g/mol. The number of aryl methyl sites for hydroxylation is 1. The van der Waals surface area contributed by atoms with Gasteiger partial charge in [0.25, 0.3) is 0 Å². The Morgan fingerprint density at radius 3 is 2.94 bits per heavy atom. The van der Waals surface area contributed by atoms with Crippen molar-refractivity contribution in [3.63, 3.8) is 0 Å². The third kappa shape index (κ3) is 3.71. The third-order valence-electron chi connectivity index (χ3n) is 2.44. The Balaban J connectivity index is 2.77. The summed E-state index contributed by atoms with van der Waals surface area (Å²) in [6.07, 6.45) is 1.60. The van der Waals surface area contributed by atoms with Crippen molar-refractivity contribution in [3.8, 4) is 0 Å². The number of anilines is 1. The zero-order chi connectivity index (χ0) is 12.8. The molecule has 0 spiro atoms. The van der Waals surface area contributed by atoms with Gasteiger partial charge in [0, 0.05) is 19.9 Å². The predicted molar refractivity (Wildman–Crippen MR) is 65.5 cm³/mol. The summed E-state index contributed by atoms with van der Waals surface area (Å²) in [6, 6.07) is 1.69. The van der Waals surface area contributed by atoms with E-state index in [0.29, 0.717) is 30.5 Å². The number of ether oxygens (including phenoxy) is 1. The molecule has 2 N–H and O–H groups in total. The van der Waals surface area contributed by atoms with Crippen molar-refractivity contribution in [2.45, 2.75) is 13.8 Å². The second kappa shape index (κ2) is 6.20. The van der Waals surface area contributed by atoms with E-state index in [0.717, 1.165) is 0 Å². The first-order valence-corrected chi connectivity index (χ1v) is 5.48. The largest absolute Gasteiger partial charge is 0.478 e. The lowest BCUT2D eigenvalue weighted by Gasteiger charge is -2.14. The highest BCUT2D eigenvalue weighted by Gasteiger charge is 2.14. The van der Waals surface area contributed by atoms with E-state index >= 15 is 0 Å². The molecule has 0 radical (unpaired) electrons. The van der Waals surface area contributed by atoms with Crippen LogP contribution in [0.15, 0.2) is 12.3 Å². The third-order valence-corrected chi connectivity index (χ3v) is 2.44. The van der Waals surface area contributed by atoms with Crippen LogP contribution in [-0.4, -0.2) is 36.3 Å². The lowest BCUT2D eigenvalue weighted by molar-refractivity contribution is 0.0696. The number of aromatic nitrogens is 1. The van der Waals surface area contributed by atoms with Crippen molar-refractivity contribution in [2.24, 2.45) is 5.92 Å². The topological polar surface area (TPSA) is 71.5 Å². The highest BCUT2D eigenvalue weighted by atomic mass is 16.5. The van der Waals surface area contributed by atoms with Gasteiger partial charge in [-0.15, -0.1) is 0 Å². The molecule has 0 bridgehead atoms. The number of nitrogens with one attached hydrogen (secondary N) is 1. The molecule has 0 aromatic carbocycles. The maximum Gasteiger partial charge on any atom is 0.339 e. The molecule has 0 saturated carbocycles. The number of nitrogens with zero attached hydrogens (tertiary/aromatic N) is 1. The van der Waals surface area contributed by atoms with Gasteiger partial charge in [0.15, 0.2) is 0 Å². The number of hydrogen-bond donors (Lipinski definition) is 2. The molecule has 0 saturated heterocycles. The van der Waals surface area contributed by atoms with Gasteiger partial charge < -0.3 is 15.2 Å². The average Bonchev–Trinajstić information content (AvgIpc) is 2.26. The number of carboxylic acid groups (broad SMARTS) is 1. The van der Waals surface area contributed by atoms with E-state index in [2.05, 4.69) is 10.3 Å². The van der Waals surface area contributed by atoms with Crippen LogP contribution in [0.4, 0.5) is 5.82 Å². The van der Waals surface area contributed by atoms with Gasteiger partial charge in [-0.2, -0.15) is 0 Å². The summed E-state index contributed by atoms with van der Waals surface area (Å²) >= 11 is 0. The van der Waals surface area contributed by atoms with Crippen LogP contribution >= 0.6 is 0 Å². The Bertz CT molecular complexity index is 393. The summed E-state index contributed by atoms with van der Waals surface area (Å²) in [6.45, 7) is 5.04. The molecular formula is C12H18N2O3. The highest BCUT2D eigenvalue weighted by Crippen LogP contribution is 2.16. The van der Waals surface area contributed by atoms with Crippen LogP contribution < -0.4 is 5.32 Å². The molecule has 5 nitrogen and oxygen atoms in total. The van der Waals surface area contributed by atoms with E-state index < -0.39 is 5.97 Å². The van der Waals surface area contributed by atoms with Gasteiger partial charge in [-0.05, 0) is 24.5 Å². The molecule has 0 aliphatic rings. The number of aromatic carboxylic acids is 1. The SMILES string of the molecule is COCC(C)CNc1nccc(C)c1C(=O)O. The standard InChI is InChI=1S/C12H18N2O3/c1-8(7-17-3)6-14-11-10(12(15)16)9(2)4-5-13-11/h4-5,8H,6-7H2,1-3H3,(H,13,14)(H,15,16). The summed E-state index contributed by atoms with van der Waals surface area (Å²) < 4.78 is 5.02. The van der Waals surface area contributed by atoms with Crippen LogP contribution in [-0.2, 0) is 4.74 Å². The van der Waals surface area contributed by atoms with E-state index in [1.54, 1.807) is 26.3 Å². The van der Waals surface area contributed by atoms with Gasteiger partial charge in [-0.25, -0.2) is 9.78 Å². The molecule has 0 amide bonds. The molecular weight excluding hydrogens is 220 g/mol. The minimum atomic E-state index is -0.961. The van der Waals surface area contributed by atoms with Crippen molar-refractivity contribution in [2.75, 3.05) is 25.6 Å². The maximum absolute atomic E-state index is 11.1. The Labute approximate surface area is 101 Å². The number of rotatable bonds is 6. The molecule has 1 heterocycles. The lowest BCUT2D eigenvalue weighted by atomic mass is 10.1. The number of carboxylic acids is 1. The van der Waals surface area contributed by atoms with Crippen molar-refractivity contribution in [1.82, 2.24) is 4.98 Å². The molecule has 1 aromatic heterocycles. The minimum Gasteiger partial charge on any atom is -0.478 e. The van der Waals surface area contributed by atoms with Crippen molar-refractivity contribution >= 4 is 11.8 Å². The van der Waals surface area contributed by atoms with Crippen molar-refractivity contribution in [1.29, 1.82) is 0 Å². The Morgan fingerprint density at radius 1 is 1.65 bits per heavy atom. The van der Waals surface area contributed by atoms with Crippen LogP contribution in [0.1, 0.15) is 22.8 Å². The molecule has 1 rings (SSSR count). The zero-order valence-electron chi connectivity index (χ0n) is 10.4. The van der Waals surface area contributed by atoms with E-state index in [1.165, 1.54) is 0 Å². The maximum atomic E-state index is 11.1. The molecule has 1 aromatic rings. The van der Waals surface area contributed by atoms with Crippen LogP contribution in [0.25, 0.3) is 0 Å². The number of hydrogen-bond acceptors (Lipinski definition) is 4. The van der Waals surface area contributed by atoms with Crippen LogP contribution in [0.2, 0.25) is 0 Å². The first-order chi connectivity index (χ1) is 8.06. The Hall–Kier alpha value is -1.62. The van der Waals surface area contributed by atoms with Gasteiger partial charge in [-0.3, -0.25) is 0 Å². The molecule has 0 aliphatic carbocycles. The highest BCUT2D eigenvalue weighted by molar-refractivity contribution is 5.94. The fourth-order valence-corrected chi connectivity index (χ4v) is 1.58. The number of methoxy groups -OCH3 is 1. The molecule has 0 aliphatic heterocycles. The minimum absolute atomic E-state index is 0.233. The fourth-order valence-electron chi connectivity index (χ4n) is 1.58. The van der Waals surface area contributed by atoms with Crippen LogP contribution in [0.5, 0.6) is 0 Å². The molecule has 0 fully saturated rings. The van der Waals surface area contributed by atoms with Gasteiger partial charge >= 0.3 is 5.97 Å². The molecule has 5 heteroatoms. The Kier molecular flexibility index (Phi) is 4.90. The first-order valence-electron chi connectivity index (χ1n) is 5.48. The second-order valence-electron chi connectivity index (χ2n) is 4.10. The van der Waals surface area contributed by atoms with Crippen molar-refractivity contribution < 1.29 is 14.6 Å². The number of pyridine rings is 1. The van der Waals surface area contributed by atoms with E-state index in [4.69, 9.17) is 9.84 Å². The Morgan fingerprint density at radius 2 is 2.35 bits per heavy atom. The molecule has 17 heavy (non-hydrogen) atoms. The lowest BCUT2D eigenvalue weighted by Crippen LogP contribution is -2.18. The zero-order valence-corrected chi connectivity index (χ0v) is 10.4. The van der Waals surface area contributed by atoms with Gasteiger partial charge in [0.2, 0.25) is 0 Å².